The van der Waals surface area contributed by atoms with E-state index in [0.29, 0.717) is 24.2 Å². The molecule has 1 saturated heterocycles. The zero-order chi connectivity index (χ0) is 13.9. The van der Waals surface area contributed by atoms with Crippen molar-refractivity contribution in [3.8, 4) is 5.88 Å². The van der Waals surface area contributed by atoms with Crippen LogP contribution in [0.15, 0.2) is 24.5 Å². The molecule has 0 bridgehead atoms. The molecule has 5 nitrogen and oxygen atoms in total. The third-order valence-corrected chi connectivity index (χ3v) is 3.99. The van der Waals surface area contributed by atoms with E-state index in [4.69, 9.17) is 10.5 Å². The lowest BCUT2D eigenvalue weighted by atomic mass is 10.1. The number of nitrogens with two attached hydrogens (primary N) is 1. The van der Waals surface area contributed by atoms with Crippen molar-refractivity contribution in [2.45, 2.75) is 25.3 Å². The topological polar surface area (TPSA) is 64.3 Å². The first kappa shape index (κ1) is 13.1. The lowest BCUT2D eigenvalue weighted by Gasteiger charge is -2.19. The minimum absolute atomic E-state index is 0.638. The molecule has 20 heavy (non-hydrogen) atoms. The van der Waals surface area contributed by atoms with Gasteiger partial charge in [-0.15, -0.1) is 0 Å². The Hall–Kier alpha value is -1.88. The molecule has 1 fully saturated rings. The number of fused-ring (bicyclic) bond motifs is 1. The quantitative estimate of drug-likeness (QED) is 0.863. The maximum Gasteiger partial charge on any atom is 0.224 e. The molecule has 5 heteroatoms. The maximum atomic E-state index is 5.85. The molecule has 2 aromatic rings. The minimum Gasteiger partial charge on any atom is -0.477 e. The van der Waals surface area contributed by atoms with Crippen molar-refractivity contribution in [3.05, 3.63) is 24.5 Å². The molecular weight excluding hydrogens is 252 g/mol. The van der Waals surface area contributed by atoms with Crippen molar-refractivity contribution in [1.82, 2.24) is 14.9 Å². The van der Waals surface area contributed by atoms with Crippen LogP contribution in [0.1, 0.15) is 19.3 Å². The van der Waals surface area contributed by atoms with Crippen molar-refractivity contribution in [2.75, 3.05) is 25.9 Å². The van der Waals surface area contributed by atoms with E-state index in [9.17, 15) is 0 Å². The molecule has 0 radical (unpaired) electrons. The van der Waals surface area contributed by atoms with Crippen LogP contribution >= 0.6 is 0 Å². The number of nitrogen functional groups attached to an aromatic ring is 1. The highest BCUT2D eigenvalue weighted by molar-refractivity contribution is 5.85. The predicted molar refractivity (Wildman–Crippen MR) is 79.7 cm³/mol. The Morgan fingerprint density at radius 2 is 2.30 bits per heavy atom. The van der Waals surface area contributed by atoms with Gasteiger partial charge in [0.2, 0.25) is 5.88 Å². The molecule has 1 atom stereocenters. The maximum absolute atomic E-state index is 5.85. The van der Waals surface area contributed by atoms with Gasteiger partial charge in [-0.1, -0.05) is 0 Å². The fourth-order valence-electron chi connectivity index (χ4n) is 2.80. The lowest BCUT2D eigenvalue weighted by Crippen LogP contribution is -2.26. The molecule has 0 aliphatic carbocycles. The highest BCUT2D eigenvalue weighted by Crippen LogP contribution is 2.24. The van der Waals surface area contributed by atoms with Crippen LogP contribution in [-0.2, 0) is 0 Å². The van der Waals surface area contributed by atoms with Crippen molar-refractivity contribution in [1.29, 1.82) is 0 Å². The lowest BCUT2D eigenvalue weighted by molar-refractivity contribution is 0.230. The molecule has 3 rings (SSSR count). The van der Waals surface area contributed by atoms with E-state index in [0.717, 1.165) is 17.3 Å². The summed E-state index contributed by atoms with van der Waals surface area (Å²) in [5, 5.41) is 0.918. The second-order valence-corrected chi connectivity index (χ2v) is 5.37. The summed E-state index contributed by atoms with van der Waals surface area (Å²) in [4.78, 5) is 10.9. The predicted octanol–water partition coefficient (Wildman–Crippen LogP) is 2.08. The molecule has 2 N–H and O–H groups in total. The molecule has 0 spiro atoms. The summed E-state index contributed by atoms with van der Waals surface area (Å²) in [5.41, 5.74) is 7.30. The van der Waals surface area contributed by atoms with Gasteiger partial charge in [-0.2, -0.15) is 0 Å². The number of hydrogen-bond donors (Lipinski definition) is 1. The van der Waals surface area contributed by atoms with E-state index >= 15 is 0 Å². The van der Waals surface area contributed by atoms with Gasteiger partial charge in [0.05, 0.1) is 17.5 Å². The standard InChI is InChI=1S/C15H20N4O/c1-19-7-2-3-12(19)6-8-20-15-13-5-4-11(16)9-14(13)17-10-18-15/h4-5,9-10,12H,2-3,6-8,16H2,1H3. The second-order valence-electron chi connectivity index (χ2n) is 5.37. The third-order valence-electron chi connectivity index (χ3n) is 3.99. The number of hydrogen-bond acceptors (Lipinski definition) is 5. The Bertz CT molecular complexity index is 601. The number of anilines is 1. The summed E-state index contributed by atoms with van der Waals surface area (Å²) in [5.74, 6) is 0.649. The number of benzene rings is 1. The first-order valence-corrected chi connectivity index (χ1v) is 7.07. The van der Waals surface area contributed by atoms with Crippen LogP contribution in [0.3, 0.4) is 0 Å². The molecule has 1 unspecified atom stereocenters. The van der Waals surface area contributed by atoms with Crippen LogP contribution in [0.5, 0.6) is 5.88 Å². The van der Waals surface area contributed by atoms with E-state index in [2.05, 4.69) is 21.9 Å². The van der Waals surface area contributed by atoms with Gasteiger partial charge >= 0.3 is 0 Å². The molecular formula is C15H20N4O. The van der Waals surface area contributed by atoms with Crippen LogP contribution in [0, 0.1) is 0 Å². The Kier molecular flexibility index (Phi) is 3.69. The molecule has 1 aromatic carbocycles. The fourth-order valence-corrected chi connectivity index (χ4v) is 2.80. The fraction of sp³-hybridized carbons (Fsp3) is 0.467. The number of ether oxygens (including phenoxy) is 1. The van der Waals surface area contributed by atoms with Gasteiger partial charge in [0.15, 0.2) is 0 Å². The average molecular weight is 272 g/mol. The zero-order valence-corrected chi connectivity index (χ0v) is 11.7. The SMILES string of the molecule is CN1CCCC1CCOc1ncnc2cc(N)ccc12. The summed E-state index contributed by atoms with van der Waals surface area (Å²) in [6, 6.07) is 6.25. The van der Waals surface area contributed by atoms with Gasteiger partial charge in [0, 0.05) is 11.7 Å². The van der Waals surface area contributed by atoms with Crippen molar-refractivity contribution >= 4 is 16.6 Å². The molecule has 106 valence electrons. The Labute approximate surface area is 118 Å². The van der Waals surface area contributed by atoms with Crippen LogP contribution in [0.25, 0.3) is 10.9 Å². The monoisotopic (exact) mass is 272 g/mol. The van der Waals surface area contributed by atoms with E-state index < -0.39 is 0 Å². The van der Waals surface area contributed by atoms with Gasteiger partial charge in [0.25, 0.3) is 0 Å². The Morgan fingerprint density at radius 1 is 1.40 bits per heavy atom. The summed E-state index contributed by atoms with van der Waals surface area (Å²) in [6.07, 6.45) is 5.12. The van der Waals surface area contributed by atoms with Gasteiger partial charge in [-0.05, 0) is 51.1 Å². The van der Waals surface area contributed by atoms with Gasteiger partial charge < -0.3 is 15.4 Å². The van der Waals surface area contributed by atoms with Gasteiger partial charge in [-0.3, -0.25) is 0 Å². The summed E-state index contributed by atoms with van der Waals surface area (Å²) < 4.78 is 5.85. The van der Waals surface area contributed by atoms with Crippen molar-refractivity contribution in [2.24, 2.45) is 0 Å². The number of likely N-dealkylation sites (tertiary alicyclic amines) is 1. The first-order chi connectivity index (χ1) is 9.74. The summed E-state index contributed by atoms with van der Waals surface area (Å²) in [6.45, 7) is 1.88. The highest BCUT2D eigenvalue weighted by atomic mass is 16.5. The van der Waals surface area contributed by atoms with Gasteiger partial charge in [-0.25, -0.2) is 9.97 Å². The summed E-state index contributed by atoms with van der Waals surface area (Å²) >= 11 is 0. The molecule has 1 aliphatic heterocycles. The highest BCUT2D eigenvalue weighted by Gasteiger charge is 2.20. The average Bonchev–Trinajstić information content (AvgIpc) is 2.84. The number of nitrogens with zero attached hydrogens (tertiary/aromatic N) is 3. The molecule has 1 aromatic heterocycles. The first-order valence-electron chi connectivity index (χ1n) is 7.07. The zero-order valence-electron chi connectivity index (χ0n) is 11.7. The normalized spacial score (nSPS) is 19.6. The van der Waals surface area contributed by atoms with E-state index in [-0.39, 0.29) is 0 Å². The largest absolute Gasteiger partial charge is 0.477 e. The van der Waals surface area contributed by atoms with E-state index in [1.807, 2.05) is 18.2 Å². The van der Waals surface area contributed by atoms with Crippen LogP contribution in [0.2, 0.25) is 0 Å². The van der Waals surface area contributed by atoms with E-state index in [1.54, 1.807) is 0 Å². The van der Waals surface area contributed by atoms with E-state index in [1.165, 1.54) is 25.7 Å². The minimum atomic E-state index is 0.638. The number of aromatic nitrogens is 2. The molecule has 0 saturated carbocycles. The van der Waals surface area contributed by atoms with Crippen LogP contribution in [0.4, 0.5) is 5.69 Å². The Morgan fingerprint density at radius 3 is 3.10 bits per heavy atom. The second kappa shape index (κ2) is 5.63. The van der Waals surface area contributed by atoms with Crippen LogP contribution < -0.4 is 10.5 Å². The van der Waals surface area contributed by atoms with Crippen molar-refractivity contribution < 1.29 is 4.74 Å². The Balaban J connectivity index is 1.68. The summed E-state index contributed by atoms with van der Waals surface area (Å²) in [7, 11) is 2.18. The number of rotatable bonds is 4. The third kappa shape index (κ3) is 2.67. The van der Waals surface area contributed by atoms with Gasteiger partial charge in [0.1, 0.15) is 6.33 Å². The molecule has 0 amide bonds. The smallest absolute Gasteiger partial charge is 0.224 e. The molecule has 2 heterocycles. The van der Waals surface area contributed by atoms with Crippen molar-refractivity contribution in [3.63, 3.8) is 0 Å². The molecule has 1 aliphatic rings. The van der Waals surface area contributed by atoms with Crippen LogP contribution in [-0.4, -0.2) is 41.1 Å².